The molecule has 0 atom stereocenters. The zero-order valence-corrected chi connectivity index (χ0v) is 14.8. The van der Waals surface area contributed by atoms with E-state index in [1.54, 1.807) is 24.3 Å². The fourth-order valence-electron chi connectivity index (χ4n) is 2.59. The second kappa shape index (κ2) is 8.13. The molecule has 28 heavy (non-hydrogen) atoms. The maximum Gasteiger partial charge on any atom is 0.338 e. The van der Waals surface area contributed by atoms with Crippen LogP contribution >= 0.6 is 0 Å². The smallest absolute Gasteiger partial charge is 0.338 e. The molecular formula is C21H16N4O3. The molecule has 0 N–H and O–H groups in total. The quantitative estimate of drug-likeness (QED) is 0.479. The summed E-state index contributed by atoms with van der Waals surface area (Å²) in [5.41, 5.74) is 1.98. The minimum atomic E-state index is -0.419. The first kappa shape index (κ1) is 17.4. The molecule has 4 rings (SSSR count). The summed E-state index contributed by atoms with van der Waals surface area (Å²) in [6.07, 6.45) is 1.48. The van der Waals surface area contributed by atoms with E-state index in [0.29, 0.717) is 11.3 Å². The highest BCUT2D eigenvalue weighted by molar-refractivity contribution is 5.89. The average molecular weight is 372 g/mol. The second-order valence-corrected chi connectivity index (χ2v) is 5.90. The van der Waals surface area contributed by atoms with Crippen LogP contribution in [0.25, 0.3) is 5.69 Å². The Kier molecular flexibility index (Phi) is 5.06. The van der Waals surface area contributed by atoms with Gasteiger partial charge >= 0.3 is 5.97 Å². The fourth-order valence-corrected chi connectivity index (χ4v) is 2.59. The Balaban J connectivity index is 1.42. The van der Waals surface area contributed by atoms with Crippen LogP contribution in [0.2, 0.25) is 0 Å². The Hall–Kier alpha value is -4.00. The van der Waals surface area contributed by atoms with Gasteiger partial charge in [0.2, 0.25) is 0 Å². The topological polar surface area (TPSA) is 79.1 Å². The number of aromatic nitrogens is 4. The van der Waals surface area contributed by atoms with Crippen molar-refractivity contribution in [2.24, 2.45) is 0 Å². The molecule has 0 spiro atoms. The molecule has 0 bridgehead atoms. The summed E-state index contributed by atoms with van der Waals surface area (Å²) in [4.78, 5) is 12.4. The van der Waals surface area contributed by atoms with Crippen molar-refractivity contribution in [1.82, 2.24) is 20.2 Å². The van der Waals surface area contributed by atoms with Crippen molar-refractivity contribution in [2.75, 3.05) is 0 Å². The number of tetrazole rings is 1. The molecule has 0 aliphatic rings. The van der Waals surface area contributed by atoms with Crippen LogP contribution in [0.15, 0.2) is 85.2 Å². The molecule has 0 aliphatic carbocycles. The van der Waals surface area contributed by atoms with Crippen molar-refractivity contribution in [2.45, 2.75) is 6.61 Å². The fraction of sp³-hybridized carbons (Fsp3) is 0.0476. The van der Waals surface area contributed by atoms with E-state index in [1.165, 1.54) is 11.0 Å². The SMILES string of the molecule is O=C(OCc1ccccc1Oc1ccccc1)c1ccc(-n2cnnn2)cc1. The van der Waals surface area contributed by atoms with Crippen LogP contribution in [0, 0.1) is 0 Å². The molecule has 138 valence electrons. The van der Waals surface area contributed by atoms with Crippen LogP contribution in [-0.2, 0) is 11.3 Å². The lowest BCUT2D eigenvalue weighted by Gasteiger charge is -2.11. The first-order chi connectivity index (χ1) is 13.8. The summed E-state index contributed by atoms with van der Waals surface area (Å²) in [5, 5.41) is 11.0. The molecule has 4 aromatic rings. The number of carbonyl (C=O) groups excluding carboxylic acids is 1. The van der Waals surface area contributed by atoms with Gasteiger partial charge in [0.15, 0.2) is 0 Å². The van der Waals surface area contributed by atoms with Gasteiger partial charge in [-0.25, -0.2) is 9.48 Å². The number of hydrogen-bond donors (Lipinski definition) is 0. The van der Waals surface area contributed by atoms with Gasteiger partial charge in [-0.15, -0.1) is 5.10 Å². The van der Waals surface area contributed by atoms with E-state index in [-0.39, 0.29) is 6.61 Å². The molecule has 7 nitrogen and oxygen atoms in total. The molecule has 1 aromatic heterocycles. The van der Waals surface area contributed by atoms with Crippen molar-refractivity contribution in [3.63, 3.8) is 0 Å². The van der Waals surface area contributed by atoms with Crippen LogP contribution in [0.5, 0.6) is 11.5 Å². The van der Waals surface area contributed by atoms with Gasteiger partial charge < -0.3 is 9.47 Å². The van der Waals surface area contributed by atoms with E-state index in [0.717, 1.165) is 17.0 Å². The van der Waals surface area contributed by atoms with E-state index in [4.69, 9.17) is 9.47 Å². The standard InChI is InChI=1S/C21H16N4O3/c26-21(16-10-12-18(13-11-16)25-15-22-23-24-25)27-14-17-6-4-5-9-20(17)28-19-7-2-1-3-8-19/h1-13,15H,14H2. The molecule has 1 heterocycles. The molecule has 0 aliphatic heterocycles. The lowest BCUT2D eigenvalue weighted by molar-refractivity contribution is 0.0471. The number of para-hydroxylation sites is 2. The number of esters is 1. The molecule has 7 heteroatoms. The zero-order chi connectivity index (χ0) is 19.2. The Labute approximate surface area is 161 Å². The monoisotopic (exact) mass is 372 g/mol. The first-order valence-electron chi connectivity index (χ1n) is 8.61. The van der Waals surface area contributed by atoms with E-state index >= 15 is 0 Å². The van der Waals surface area contributed by atoms with Crippen molar-refractivity contribution in [3.05, 3.63) is 96.3 Å². The molecule has 3 aromatic carbocycles. The van der Waals surface area contributed by atoms with Crippen LogP contribution in [0.1, 0.15) is 15.9 Å². The minimum Gasteiger partial charge on any atom is -0.457 e. The molecule has 0 unspecified atom stereocenters. The van der Waals surface area contributed by atoms with Gasteiger partial charge in [-0.3, -0.25) is 0 Å². The second-order valence-electron chi connectivity index (χ2n) is 5.90. The predicted molar refractivity (Wildman–Crippen MR) is 101 cm³/mol. The molecule has 0 saturated heterocycles. The van der Waals surface area contributed by atoms with E-state index in [9.17, 15) is 4.79 Å². The van der Waals surface area contributed by atoms with Crippen LogP contribution in [0.4, 0.5) is 0 Å². The maximum absolute atomic E-state index is 12.4. The van der Waals surface area contributed by atoms with Gasteiger partial charge in [0, 0.05) is 5.56 Å². The number of carbonyl (C=O) groups is 1. The molecule has 0 radical (unpaired) electrons. The number of rotatable bonds is 6. The van der Waals surface area contributed by atoms with Gasteiger partial charge in [0.1, 0.15) is 24.4 Å². The summed E-state index contributed by atoms with van der Waals surface area (Å²) >= 11 is 0. The molecule has 0 amide bonds. The van der Waals surface area contributed by atoms with Gasteiger partial charge in [-0.2, -0.15) is 0 Å². The minimum absolute atomic E-state index is 0.108. The molecule has 0 fully saturated rings. The third-order valence-corrected chi connectivity index (χ3v) is 4.02. The van der Waals surface area contributed by atoms with Crippen molar-refractivity contribution in [3.8, 4) is 17.2 Å². The maximum atomic E-state index is 12.4. The van der Waals surface area contributed by atoms with Crippen LogP contribution < -0.4 is 4.74 Å². The zero-order valence-electron chi connectivity index (χ0n) is 14.8. The predicted octanol–water partition coefficient (Wildman–Crippen LogP) is 3.81. The highest BCUT2D eigenvalue weighted by atomic mass is 16.5. The summed E-state index contributed by atoms with van der Waals surface area (Å²) in [5.74, 6) is 0.952. The Morgan fingerprint density at radius 1 is 0.893 bits per heavy atom. The van der Waals surface area contributed by atoms with Crippen molar-refractivity contribution >= 4 is 5.97 Å². The first-order valence-corrected chi connectivity index (χ1v) is 8.61. The highest BCUT2D eigenvalue weighted by Crippen LogP contribution is 2.25. The lowest BCUT2D eigenvalue weighted by atomic mass is 10.2. The average Bonchev–Trinajstić information content (AvgIpc) is 3.29. The Morgan fingerprint density at radius 3 is 2.39 bits per heavy atom. The number of ether oxygens (including phenoxy) is 2. The van der Waals surface area contributed by atoms with Gasteiger partial charge in [0.25, 0.3) is 0 Å². The Bertz CT molecular complexity index is 1050. The highest BCUT2D eigenvalue weighted by Gasteiger charge is 2.11. The van der Waals surface area contributed by atoms with Gasteiger partial charge in [-0.05, 0) is 52.9 Å². The van der Waals surface area contributed by atoms with Gasteiger partial charge in [0.05, 0.1) is 11.3 Å². The van der Waals surface area contributed by atoms with E-state index in [1.807, 2.05) is 54.6 Å². The third kappa shape index (κ3) is 4.04. The summed E-state index contributed by atoms with van der Waals surface area (Å²) in [6.45, 7) is 0.108. The summed E-state index contributed by atoms with van der Waals surface area (Å²) in [6, 6.07) is 23.8. The molecular weight excluding hydrogens is 356 g/mol. The van der Waals surface area contributed by atoms with Crippen molar-refractivity contribution in [1.29, 1.82) is 0 Å². The molecule has 0 saturated carbocycles. The summed E-state index contributed by atoms with van der Waals surface area (Å²) < 4.78 is 12.9. The van der Waals surface area contributed by atoms with Crippen molar-refractivity contribution < 1.29 is 14.3 Å². The van der Waals surface area contributed by atoms with E-state index < -0.39 is 5.97 Å². The lowest BCUT2D eigenvalue weighted by Crippen LogP contribution is -2.06. The summed E-state index contributed by atoms with van der Waals surface area (Å²) in [7, 11) is 0. The number of hydrogen-bond acceptors (Lipinski definition) is 6. The van der Waals surface area contributed by atoms with Gasteiger partial charge in [-0.1, -0.05) is 36.4 Å². The van der Waals surface area contributed by atoms with E-state index in [2.05, 4.69) is 15.5 Å². The third-order valence-electron chi connectivity index (χ3n) is 4.02. The number of nitrogens with zero attached hydrogens (tertiary/aromatic N) is 4. The normalized spacial score (nSPS) is 10.4. The van der Waals surface area contributed by atoms with Crippen LogP contribution in [0.3, 0.4) is 0 Å². The number of benzene rings is 3. The largest absolute Gasteiger partial charge is 0.457 e. The van der Waals surface area contributed by atoms with Crippen LogP contribution in [-0.4, -0.2) is 26.2 Å². The Morgan fingerprint density at radius 2 is 1.64 bits per heavy atom.